The molecule has 0 radical (unpaired) electrons. The number of hydrogen-bond donors (Lipinski definition) is 2. The van der Waals surface area contributed by atoms with Gasteiger partial charge in [-0.3, -0.25) is 10.1 Å². The van der Waals surface area contributed by atoms with Gasteiger partial charge in [-0.25, -0.2) is 4.98 Å². The first-order chi connectivity index (χ1) is 8.73. The summed E-state index contributed by atoms with van der Waals surface area (Å²) in [5.74, 6) is -0.836. The maximum Gasteiger partial charge on any atom is 0.323 e. The summed E-state index contributed by atoms with van der Waals surface area (Å²) in [6, 6.07) is 0.113. The number of rotatable bonds is 7. The van der Waals surface area contributed by atoms with Crippen molar-refractivity contribution in [1.82, 2.24) is 10.3 Å². The van der Waals surface area contributed by atoms with Crippen molar-refractivity contribution in [3.8, 4) is 0 Å². The van der Waals surface area contributed by atoms with Crippen LogP contribution in [-0.4, -0.2) is 32.9 Å². The molecule has 0 aliphatic heterocycles. The van der Waals surface area contributed by atoms with Gasteiger partial charge < -0.3 is 9.52 Å². The number of carboxylic acids is 1. The maximum atomic E-state index is 11.4. The molecule has 0 saturated carbocycles. The number of carbonyl (C=O) groups is 1. The fourth-order valence-corrected chi connectivity index (χ4v) is 3.08. The minimum absolute atomic E-state index is 0.0883. The predicted octanol–water partition coefficient (Wildman–Crippen LogP) is 2.70. The minimum Gasteiger partial charge on any atom is -0.480 e. The first-order valence-electron chi connectivity index (χ1n) is 6.33. The predicted molar refractivity (Wildman–Crippen MR) is 75.5 cm³/mol. The second-order valence-corrected chi connectivity index (χ2v) is 6.71. The van der Waals surface area contributed by atoms with Gasteiger partial charge >= 0.3 is 5.97 Å². The van der Waals surface area contributed by atoms with Gasteiger partial charge in [0.05, 0.1) is 5.69 Å². The number of nitrogens with zero attached hydrogens (tertiary/aromatic N) is 1. The van der Waals surface area contributed by atoms with Gasteiger partial charge in [-0.05, 0) is 34.1 Å². The zero-order chi connectivity index (χ0) is 14.6. The molecule has 1 aromatic rings. The van der Waals surface area contributed by atoms with Crippen molar-refractivity contribution in [3.63, 3.8) is 0 Å². The maximum absolute atomic E-state index is 11.4. The summed E-state index contributed by atoms with van der Waals surface area (Å²) >= 11 is 1.45. The lowest BCUT2D eigenvalue weighted by Gasteiger charge is -2.30. The first-order valence-corrected chi connectivity index (χ1v) is 7.21. The SMILES string of the molecule is Cc1coc(SC(C)CC(C)(NC(C)C)C(=O)O)n1. The quantitative estimate of drug-likeness (QED) is 0.751. The third kappa shape index (κ3) is 4.87. The molecule has 1 aromatic heterocycles. The highest BCUT2D eigenvalue weighted by molar-refractivity contribution is 7.99. The molecule has 0 bridgehead atoms. The number of oxazole rings is 1. The molecule has 0 aliphatic rings. The number of aromatic nitrogens is 1. The topological polar surface area (TPSA) is 75.4 Å². The van der Waals surface area contributed by atoms with Crippen molar-refractivity contribution in [1.29, 1.82) is 0 Å². The minimum atomic E-state index is -0.942. The second kappa shape index (κ2) is 6.43. The molecule has 19 heavy (non-hydrogen) atoms. The third-order valence-electron chi connectivity index (χ3n) is 2.67. The average molecular weight is 286 g/mol. The van der Waals surface area contributed by atoms with E-state index in [0.29, 0.717) is 11.6 Å². The summed E-state index contributed by atoms with van der Waals surface area (Å²) in [5, 5.41) is 13.2. The Hall–Kier alpha value is -1.01. The van der Waals surface area contributed by atoms with E-state index >= 15 is 0 Å². The molecule has 0 aliphatic carbocycles. The molecule has 6 heteroatoms. The largest absolute Gasteiger partial charge is 0.480 e. The molecule has 0 spiro atoms. The molecule has 1 heterocycles. The molecule has 1 rings (SSSR count). The Balaban J connectivity index is 2.66. The summed E-state index contributed by atoms with van der Waals surface area (Å²) in [6.07, 6.45) is 2.09. The molecule has 108 valence electrons. The lowest BCUT2D eigenvalue weighted by atomic mass is 9.95. The van der Waals surface area contributed by atoms with Gasteiger partial charge in [0.25, 0.3) is 5.22 Å². The van der Waals surface area contributed by atoms with Crippen LogP contribution in [0.5, 0.6) is 0 Å². The molecule has 2 N–H and O–H groups in total. The van der Waals surface area contributed by atoms with E-state index in [2.05, 4.69) is 10.3 Å². The van der Waals surface area contributed by atoms with E-state index in [1.165, 1.54) is 11.8 Å². The second-order valence-electron chi connectivity index (χ2n) is 5.32. The molecule has 0 amide bonds. The smallest absolute Gasteiger partial charge is 0.323 e. The number of aryl methyl sites for hydroxylation is 1. The number of hydrogen-bond acceptors (Lipinski definition) is 5. The number of thioether (sulfide) groups is 1. The van der Waals surface area contributed by atoms with Gasteiger partial charge in [-0.2, -0.15) is 0 Å². The molecule has 0 aromatic carbocycles. The van der Waals surface area contributed by atoms with E-state index in [-0.39, 0.29) is 11.3 Å². The van der Waals surface area contributed by atoms with Crippen molar-refractivity contribution in [2.75, 3.05) is 0 Å². The fourth-order valence-electron chi connectivity index (χ4n) is 2.02. The van der Waals surface area contributed by atoms with Crippen LogP contribution in [0, 0.1) is 6.92 Å². The molecule has 0 fully saturated rings. The van der Waals surface area contributed by atoms with Gasteiger partial charge in [0.2, 0.25) is 0 Å². The van der Waals surface area contributed by atoms with Crippen molar-refractivity contribution in [3.05, 3.63) is 12.0 Å². The summed E-state index contributed by atoms with van der Waals surface area (Å²) in [6.45, 7) is 9.44. The van der Waals surface area contributed by atoms with Gasteiger partial charge in [0.15, 0.2) is 0 Å². The van der Waals surface area contributed by atoms with Crippen LogP contribution in [0.15, 0.2) is 15.9 Å². The third-order valence-corrected chi connectivity index (χ3v) is 3.63. The van der Waals surface area contributed by atoms with E-state index in [1.807, 2.05) is 27.7 Å². The van der Waals surface area contributed by atoms with Crippen LogP contribution in [0.1, 0.15) is 39.8 Å². The van der Waals surface area contributed by atoms with Crippen LogP contribution in [-0.2, 0) is 4.79 Å². The highest BCUT2D eigenvalue weighted by Crippen LogP contribution is 2.28. The van der Waals surface area contributed by atoms with E-state index in [0.717, 1.165) is 5.69 Å². The Labute approximate surface area is 118 Å². The summed E-state index contributed by atoms with van der Waals surface area (Å²) < 4.78 is 5.28. The van der Waals surface area contributed by atoms with Gasteiger partial charge in [-0.1, -0.05) is 18.7 Å². The highest BCUT2D eigenvalue weighted by atomic mass is 32.2. The van der Waals surface area contributed by atoms with E-state index in [4.69, 9.17) is 4.42 Å². The molecule has 2 unspecified atom stereocenters. The molecular formula is C13H22N2O3S. The van der Waals surface area contributed by atoms with Gasteiger partial charge in [0, 0.05) is 11.3 Å². The number of nitrogens with one attached hydrogen (secondary N) is 1. The monoisotopic (exact) mass is 286 g/mol. The normalized spacial score (nSPS) is 16.3. The van der Waals surface area contributed by atoms with Crippen molar-refractivity contribution < 1.29 is 14.3 Å². The Morgan fingerprint density at radius 3 is 2.63 bits per heavy atom. The van der Waals surface area contributed by atoms with Crippen LogP contribution in [0.4, 0.5) is 0 Å². The van der Waals surface area contributed by atoms with Gasteiger partial charge in [-0.15, -0.1) is 0 Å². The zero-order valence-electron chi connectivity index (χ0n) is 12.1. The van der Waals surface area contributed by atoms with Crippen molar-refractivity contribution >= 4 is 17.7 Å². The fraction of sp³-hybridized carbons (Fsp3) is 0.692. The lowest BCUT2D eigenvalue weighted by Crippen LogP contribution is -2.53. The zero-order valence-corrected chi connectivity index (χ0v) is 12.9. The molecule has 2 atom stereocenters. The molecule has 5 nitrogen and oxygen atoms in total. The van der Waals surface area contributed by atoms with Crippen LogP contribution < -0.4 is 5.32 Å². The lowest BCUT2D eigenvalue weighted by molar-refractivity contribution is -0.144. The summed E-state index contributed by atoms with van der Waals surface area (Å²) in [7, 11) is 0. The van der Waals surface area contributed by atoms with E-state index in [9.17, 15) is 9.90 Å². The molecule has 0 saturated heterocycles. The van der Waals surface area contributed by atoms with Crippen LogP contribution in [0.3, 0.4) is 0 Å². The van der Waals surface area contributed by atoms with Crippen LogP contribution in [0.2, 0.25) is 0 Å². The average Bonchev–Trinajstić information content (AvgIpc) is 2.61. The number of aliphatic carboxylic acids is 1. The van der Waals surface area contributed by atoms with E-state index in [1.54, 1.807) is 13.2 Å². The van der Waals surface area contributed by atoms with Gasteiger partial charge in [0.1, 0.15) is 11.8 Å². The Morgan fingerprint density at radius 1 is 1.58 bits per heavy atom. The van der Waals surface area contributed by atoms with Crippen LogP contribution in [0.25, 0.3) is 0 Å². The standard InChI is InChI=1S/C13H22N2O3S/c1-8(2)15-13(5,11(16)17)6-10(4)19-12-14-9(3)7-18-12/h7-8,10,15H,6H2,1-5H3,(H,16,17). The van der Waals surface area contributed by atoms with E-state index < -0.39 is 11.5 Å². The van der Waals surface area contributed by atoms with Crippen molar-refractivity contribution in [2.24, 2.45) is 0 Å². The first kappa shape index (κ1) is 16.0. The Bertz CT molecular complexity index is 433. The number of carboxylic acid groups (broad SMARTS) is 1. The molecular weight excluding hydrogens is 264 g/mol. The highest BCUT2D eigenvalue weighted by Gasteiger charge is 2.35. The van der Waals surface area contributed by atoms with Crippen molar-refractivity contribution in [2.45, 2.75) is 63.1 Å². The summed E-state index contributed by atoms with van der Waals surface area (Å²) in [4.78, 5) is 15.7. The van der Waals surface area contributed by atoms with Crippen LogP contribution >= 0.6 is 11.8 Å². The Kier molecular flexibility index (Phi) is 5.43. The summed E-state index contributed by atoms with van der Waals surface area (Å²) in [5.41, 5.74) is -0.113. The Morgan fingerprint density at radius 2 is 2.21 bits per heavy atom.